The second kappa shape index (κ2) is 5.30. The van der Waals surface area contributed by atoms with E-state index in [1.165, 1.54) is 6.33 Å². The fourth-order valence-corrected chi connectivity index (χ4v) is 2.48. The molecule has 0 amide bonds. The molecule has 2 aromatic rings. The van der Waals surface area contributed by atoms with Crippen molar-refractivity contribution in [3.8, 4) is 0 Å². The lowest BCUT2D eigenvalue weighted by molar-refractivity contribution is -0.142. The predicted molar refractivity (Wildman–Crippen MR) is 71.9 cm³/mol. The summed E-state index contributed by atoms with van der Waals surface area (Å²) in [5.41, 5.74) is 0. The van der Waals surface area contributed by atoms with E-state index in [0.29, 0.717) is 12.4 Å². The van der Waals surface area contributed by atoms with Gasteiger partial charge in [0.25, 0.3) is 0 Å². The number of aliphatic carboxylic acids is 1. The maximum atomic E-state index is 11.1. The smallest absolute Gasteiger partial charge is 0.308 e. The zero-order chi connectivity index (χ0) is 13.1. The Bertz CT molecular complexity index is 553. The number of thiophene rings is 1. The molecular formula is C12H15N3O2S. The number of aromatic nitrogens is 2. The molecule has 96 valence electrons. The highest BCUT2D eigenvalue weighted by molar-refractivity contribution is 7.16. The lowest BCUT2D eigenvalue weighted by Crippen LogP contribution is -2.27. The number of anilines is 1. The molecule has 1 unspecified atom stereocenters. The SMILES string of the molecule is CC(C)C(CNc1ncnc2sccc12)C(=O)O. The van der Waals surface area contributed by atoms with Crippen LogP contribution in [-0.2, 0) is 4.79 Å². The maximum Gasteiger partial charge on any atom is 0.308 e. The van der Waals surface area contributed by atoms with Crippen molar-refractivity contribution in [3.05, 3.63) is 17.8 Å². The molecule has 2 rings (SSSR count). The number of fused-ring (bicyclic) bond motifs is 1. The number of carboxylic acid groups (broad SMARTS) is 1. The number of nitrogens with zero attached hydrogens (tertiary/aromatic N) is 2. The number of carboxylic acids is 1. The van der Waals surface area contributed by atoms with Crippen LogP contribution in [-0.4, -0.2) is 27.6 Å². The standard InChI is InChI=1S/C12H15N3O2S/c1-7(2)9(12(16)17)5-13-10-8-3-4-18-11(8)15-6-14-10/h3-4,6-7,9H,5H2,1-2H3,(H,16,17)(H,13,14,15). The number of nitrogens with one attached hydrogen (secondary N) is 1. The average molecular weight is 265 g/mol. The van der Waals surface area contributed by atoms with Crippen LogP contribution in [0.15, 0.2) is 17.8 Å². The molecule has 0 fully saturated rings. The lowest BCUT2D eigenvalue weighted by Gasteiger charge is -2.17. The van der Waals surface area contributed by atoms with Crippen LogP contribution in [0, 0.1) is 11.8 Å². The highest BCUT2D eigenvalue weighted by atomic mass is 32.1. The van der Waals surface area contributed by atoms with Crippen LogP contribution in [0.25, 0.3) is 10.2 Å². The Labute approximate surface area is 109 Å². The average Bonchev–Trinajstić information content (AvgIpc) is 2.77. The van der Waals surface area contributed by atoms with Crippen molar-refractivity contribution in [2.75, 3.05) is 11.9 Å². The van der Waals surface area contributed by atoms with Crippen LogP contribution in [0.3, 0.4) is 0 Å². The largest absolute Gasteiger partial charge is 0.481 e. The molecular weight excluding hydrogens is 250 g/mol. The molecule has 0 aliphatic carbocycles. The molecule has 0 aliphatic heterocycles. The summed E-state index contributed by atoms with van der Waals surface area (Å²) in [5, 5.41) is 15.1. The van der Waals surface area contributed by atoms with Crippen LogP contribution in [0.2, 0.25) is 0 Å². The predicted octanol–water partition coefficient (Wildman–Crippen LogP) is 2.46. The first-order chi connectivity index (χ1) is 8.59. The van der Waals surface area contributed by atoms with E-state index in [2.05, 4.69) is 15.3 Å². The van der Waals surface area contributed by atoms with E-state index < -0.39 is 11.9 Å². The van der Waals surface area contributed by atoms with Crippen molar-refractivity contribution in [2.24, 2.45) is 11.8 Å². The van der Waals surface area contributed by atoms with Gasteiger partial charge < -0.3 is 10.4 Å². The second-order valence-corrected chi connectivity index (χ2v) is 5.33. The molecule has 2 heterocycles. The summed E-state index contributed by atoms with van der Waals surface area (Å²) in [6.45, 7) is 4.18. The number of carbonyl (C=O) groups is 1. The molecule has 0 spiro atoms. The highest BCUT2D eigenvalue weighted by Crippen LogP contribution is 2.24. The minimum Gasteiger partial charge on any atom is -0.481 e. The van der Waals surface area contributed by atoms with E-state index in [1.807, 2.05) is 25.3 Å². The Morgan fingerprint density at radius 1 is 1.50 bits per heavy atom. The van der Waals surface area contributed by atoms with Gasteiger partial charge in [-0.15, -0.1) is 11.3 Å². The third kappa shape index (κ3) is 2.59. The zero-order valence-corrected chi connectivity index (χ0v) is 11.1. The molecule has 0 radical (unpaired) electrons. The molecule has 2 aromatic heterocycles. The van der Waals surface area contributed by atoms with Gasteiger partial charge in [0.2, 0.25) is 0 Å². The van der Waals surface area contributed by atoms with Gasteiger partial charge in [-0.2, -0.15) is 0 Å². The van der Waals surface area contributed by atoms with Crippen molar-refractivity contribution in [1.82, 2.24) is 9.97 Å². The molecule has 1 atom stereocenters. The Kier molecular flexibility index (Phi) is 3.76. The third-order valence-corrected chi connectivity index (χ3v) is 3.69. The van der Waals surface area contributed by atoms with Gasteiger partial charge in [0.1, 0.15) is 17.0 Å². The van der Waals surface area contributed by atoms with Crippen LogP contribution in [0.5, 0.6) is 0 Å². The molecule has 0 bridgehead atoms. The van der Waals surface area contributed by atoms with Crippen molar-refractivity contribution in [1.29, 1.82) is 0 Å². The van der Waals surface area contributed by atoms with Gasteiger partial charge in [-0.25, -0.2) is 9.97 Å². The first kappa shape index (κ1) is 12.8. The molecule has 0 saturated heterocycles. The Balaban J connectivity index is 2.14. The first-order valence-corrected chi connectivity index (χ1v) is 6.62. The van der Waals surface area contributed by atoms with Gasteiger partial charge in [-0.05, 0) is 17.4 Å². The molecule has 0 aromatic carbocycles. The lowest BCUT2D eigenvalue weighted by atomic mass is 9.96. The number of hydrogen-bond acceptors (Lipinski definition) is 5. The van der Waals surface area contributed by atoms with E-state index in [-0.39, 0.29) is 5.92 Å². The monoisotopic (exact) mass is 265 g/mol. The third-order valence-electron chi connectivity index (χ3n) is 2.87. The highest BCUT2D eigenvalue weighted by Gasteiger charge is 2.21. The molecule has 2 N–H and O–H groups in total. The minimum atomic E-state index is -0.784. The topological polar surface area (TPSA) is 75.1 Å². The molecule has 0 aliphatic rings. The summed E-state index contributed by atoms with van der Waals surface area (Å²) in [4.78, 5) is 20.3. The maximum absolute atomic E-state index is 11.1. The van der Waals surface area contributed by atoms with Gasteiger partial charge in [0.15, 0.2) is 0 Å². The molecule has 6 heteroatoms. The van der Waals surface area contributed by atoms with E-state index in [9.17, 15) is 4.79 Å². The molecule has 5 nitrogen and oxygen atoms in total. The van der Waals surface area contributed by atoms with Gasteiger partial charge in [0.05, 0.1) is 11.3 Å². The summed E-state index contributed by atoms with van der Waals surface area (Å²) in [7, 11) is 0. The number of rotatable bonds is 5. The van der Waals surface area contributed by atoms with E-state index in [4.69, 9.17) is 5.11 Å². The van der Waals surface area contributed by atoms with E-state index >= 15 is 0 Å². The molecule has 18 heavy (non-hydrogen) atoms. The first-order valence-electron chi connectivity index (χ1n) is 5.74. The summed E-state index contributed by atoms with van der Waals surface area (Å²) in [5.74, 6) is -0.426. The van der Waals surface area contributed by atoms with Crippen LogP contribution < -0.4 is 5.32 Å². The Hall–Kier alpha value is -1.69. The summed E-state index contributed by atoms with van der Waals surface area (Å²) < 4.78 is 0. The van der Waals surface area contributed by atoms with Crippen molar-refractivity contribution in [2.45, 2.75) is 13.8 Å². The Morgan fingerprint density at radius 2 is 2.28 bits per heavy atom. The number of hydrogen-bond donors (Lipinski definition) is 2. The van der Waals surface area contributed by atoms with Gasteiger partial charge in [-0.3, -0.25) is 4.79 Å². The van der Waals surface area contributed by atoms with Crippen molar-refractivity contribution < 1.29 is 9.90 Å². The van der Waals surface area contributed by atoms with Gasteiger partial charge in [-0.1, -0.05) is 13.8 Å². The second-order valence-electron chi connectivity index (χ2n) is 4.43. The fourth-order valence-electron chi connectivity index (χ4n) is 1.75. The van der Waals surface area contributed by atoms with Crippen molar-refractivity contribution >= 4 is 33.3 Å². The van der Waals surface area contributed by atoms with Crippen LogP contribution in [0.1, 0.15) is 13.8 Å². The summed E-state index contributed by atoms with van der Waals surface area (Å²) in [6.07, 6.45) is 1.49. The summed E-state index contributed by atoms with van der Waals surface area (Å²) in [6, 6.07) is 1.94. The van der Waals surface area contributed by atoms with Crippen LogP contribution >= 0.6 is 11.3 Å². The van der Waals surface area contributed by atoms with E-state index in [1.54, 1.807) is 11.3 Å². The van der Waals surface area contributed by atoms with Crippen molar-refractivity contribution in [3.63, 3.8) is 0 Å². The van der Waals surface area contributed by atoms with Gasteiger partial charge in [0, 0.05) is 6.54 Å². The summed E-state index contributed by atoms with van der Waals surface area (Å²) >= 11 is 1.54. The Morgan fingerprint density at radius 3 is 2.94 bits per heavy atom. The quantitative estimate of drug-likeness (QED) is 0.868. The van der Waals surface area contributed by atoms with Crippen LogP contribution in [0.4, 0.5) is 5.82 Å². The van der Waals surface area contributed by atoms with E-state index in [0.717, 1.165) is 10.2 Å². The van der Waals surface area contributed by atoms with Gasteiger partial charge >= 0.3 is 5.97 Å². The minimum absolute atomic E-state index is 0.0785. The fraction of sp³-hybridized carbons (Fsp3) is 0.417. The zero-order valence-electron chi connectivity index (χ0n) is 10.3. The normalized spacial score (nSPS) is 12.8. The molecule has 0 saturated carbocycles.